The fourth-order valence-corrected chi connectivity index (χ4v) is 3.45. The number of carboxylic acid groups (broad SMARTS) is 1. The van der Waals surface area contributed by atoms with Crippen LogP contribution in [-0.2, 0) is 22.4 Å². The van der Waals surface area contributed by atoms with Gasteiger partial charge in [-0.25, -0.2) is 0 Å². The van der Waals surface area contributed by atoms with Gasteiger partial charge in [0.1, 0.15) is 18.6 Å². The Bertz CT molecular complexity index is 1170. The molecule has 0 spiro atoms. The Kier molecular flexibility index (Phi) is 7.73. The predicted molar refractivity (Wildman–Crippen MR) is 121 cm³/mol. The second-order valence-electron chi connectivity index (χ2n) is 7.59. The maximum atomic E-state index is 12.8. The van der Waals surface area contributed by atoms with Crippen molar-refractivity contribution in [3.05, 3.63) is 101 Å². The lowest BCUT2D eigenvalue weighted by Gasteiger charge is -2.16. The highest BCUT2D eigenvalue weighted by atomic mass is 19.4. The molecular formula is C26H22F3NO4. The van der Waals surface area contributed by atoms with Crippen LogP contribution in [-0.4, -0.2) is 17.4 Å². The van der Waals surface area contributed by atoms with Crippen LogP contribution < -0.4 is 10.5 Å². The molecule has 0 aliphatic rings. The van der Waals surface area contributed by atoms with Gasteiger partial charge in [-0.2, -0.15) is 13.2 Å². The fraction of sp³-hybridized carbons (Fsp3) is 0.154. The van der Waals surface area contributed by atoms with E-state index in [-0.39, 0.29) is 18.7 Å². The van der Waals surface area contributed by atoms with Crippen molar-refractivity contribution < 1.29 is 32.6 Å². The lowest BCUT2D eigenvalue weighted by molar-refractivity contribution is -0.138. The molecule has 0 aliphatic heterocycles. The molecule has 0 heterocycles. The zero-order valence-electron chi connectivity index (χ0n) is 18.0. The van der Waals surface area contributed by atoms with E-state index in [1.807, 2.05) is 12.1 Å². The number of ether oxygens (including phenoxy) is 1. The van der Waals surface area contributed by atoms with Crippen LogP contribution in [0.3, 0.4) is 0 Å². The van der Waals surface area contributed by atoms with E-state index >= 15 is 0 Å². The standard InChI is InChI=1S/C26H22F3NO4/c27-26(28,29)21-8-4-18(5-9-21)20-3-1-2-17(14-20)16-34-22-10-6-19(7-11-22)23(15-25(32)33)24(30)12-13-31/h1-14,23H,15-16,30H2,(H,32,33)/t23-/m1/s1. The van der Waals surface area contributed by atoms with Crippen molar-refractivity contribution in [1.29, 1.82) is 0 Å². The van der Waals surface area contributed by atoms with E-state index in [9.17, 15) is 22.8 Å². The Hall–Kier alpha value is -4.07. The summed E-state index contributed by atoms with van der Waals surface area (Å²) in [5.74, 6) is -1.15. The number of carbonyl (C=O) groups excluding carboxylic acids is 1. The van der Waals surface area contributed by atoms with Crippen molar-refractivity contribution in [3.8, 4) is 16.9 Å². The maximum Gasteiger partial charge on any atom is 0.416 e. The number of carbonyl (C=O) groups is 2. The van der Waals surface area contributed by atoms with Gasteiger partial charge in [0.05, 0.1) is 12.0 Å². The van der Waals surface area contributed by atoms with Gasteiger partial charge in [0.25, 0.3) is 0 Å². The molecule has 0 amide bonds. The van der Waals surface area contributed by atoms with Gasteiger partial charge in [-0.1, -0.05) is 42.5 Å². The monoisotopic (exact) mass is 469 g/mol. The highest BCUT2D eigenvalue weighted by Gasteiger charge is 2.30. The maximum absolute atomic E-state index is 12.8. The van der Waals surface area contributed by atoms with E-state index in [1.165, 1.54) is 12.1 Å². The van der Waals surface area contributed by atoms with Crippen molar-refractivity contribution >= 4 is 12.3 Å². The Morgan fingerprint density at radius 2 is 1.68 bits per heavy atom. The van der Waals surface area contributed by atoms with Crippen LogP contribution >= 0.6 is 0 Å². The normalized spacial score (nSPS) is 12.7. The molecule has 3 aromatic rings. The molecule has 34 heavy (non-hydrogen) atoms. The number of hydrogen-bond acceptors (Lipinski definition) is 4. The van der Waals surface area contributed by atoms with Gasteiger partial charge >= 0.3 is 12.1 Å². The minimum Gasteiger partial charge on any atom is -0.489 e. The van der Waals surface area contributed by atoms with E-state index in [0.29, 0.717) is 23.2 Å². The Morgan fingerprint density at radius 1 is 1.00 bits per heavy atom. The number of benzene rings is 3. The summed E-state index contributed by atoms with van der Waals surface area (Å²) in [6.45, 7) is 0.222. The van der Waals surface area contributed by atoms with Gasteiger partial charge in [-0.05, 0) is 58.7 Å². The molecule has 0 unspecified atom stereocenters. The quantitative estimate of drug-likeness (QED) is 0.317. The number of nitrogens with two attached hydrogens (primary N) is 1. The first kappa shape index (κ1) is 24.6. The molecular weight excluding hydrogens is 447 g/mol. The number of carboxylic acids is 1. The summed E-state index contributed by atoms with van der Waals surface area (Å²) in [7, 11) is 0. The number of rotatable bonds is 9. The lowest BCUT2D eigenvalue weighted by atomic mass is 9.92. The topological polar surface area (TPSA) is 89.6 Å². The summed E-state index contributed by atoms with van der Waals surface area (Å²) in [6.07, 6.45) is -2.98. The molecule has 3 aromatic carbocycles. The summed E-state index contributed by atoms with van der Waals surface area (Å²) in [4.78, 5) is 21.9. The van der Waals surface area contributed by atoms with Gasteiger partial charge in [-0.3, -0.25) is 9.59 Å². The van der Waals surface area contributed by atoms with Crippen LogP contribution in [0.4, 0.5) is 13.2 Å². The van der Waals surface area contributed by atoms with Crippen LogP contribution in [0.5, 0.6) is 5.75 Å². The average Bonchev–Trinajstić information content (AvgIpc) is 2.81. The summed E-state index contributed by atoms with van der Waals surface area (Å²) in [6, 6.07) is 19.0. The molecule has 0 radical (unpaired) electrons. The SMILES string of the molecule is NC(=CC=O)[C@H](CC(=O)O)c1ccc(OCc2cccc(-c3ccc(C(F)(F)F)cc3)c2)cc1. The Labute approximate surface area is 194 Å². The number of hydrogen-bond donors (Lipinski definition) is 2. The van der Waals surface area contributed by atoms with Gasteiger partial charge in [-0.15, -0.1) is 0 Å². The average molecular weight is 469 g/mol. The molecule has 3 N–H and O–H groups in total. The fourth-order valence-electron chi connectivity index (χ4n) is 3.45. The van der Waals surface area contributed by atoms with Crippen molar-refractivity contribution in [2.24, 2.45) is 5.73 Å². The predicted octanol–water partition coefficient (Wildman–Crippen LogP) is 5.55. The van der Waals surface area contributed by atoms with E-state index < -0.39 is 23.6 Å². The summed E-state index contributed by atoms with van der Waals surface area (Å²) in [5, 5.41) is 9.14. The van der Waals surface area contributed by atoms with Crippen LogP contribution in [0.1, 0.15) is 29.0 Å². The summed E-state index contributed by atoms with van der Waals surface area (Å²) >= 11 is 0. The number of alkyl halides is 3. The van der Waals surface area contributed by atoms with Crippen LogP contribution in [0.25, 0.3) is 11.1 Å². The summed E-state index contributed by atoms with van der Waals surface area (Å²) < 4.78 is 44.1. The van der Waals surface area contributed by atoms with E-state index in [0.717, 1.165) is 29.3 Å². The second-order valence-corrected chi connectivity index (χ2v) is 7.59. The molecule has 5 nitrogen and oxygen atoms in total. The van der Waals surface area contributed by atoms with Crippen molar-refractivity contribution in [3.63, 3.8) is 0 Å². The smallest absolute Gasteiger partial charge is 0.416 e. The van der Waals surface area contributed by atoms with Crippen molar-refractivity contribution in [2.45, 2.75) is 25.1 Å². The van der Waals surface area contributed by atoms with Crippen LogP contribution in [0.2, 0.25) is 0 Å². The molecule has 0 bridgehead atoms. The molecule has 0 fully saturated rings. The zero-order chi connectivity index (χ0) is 24.7. The van der Waals surface area contributed by atoms with Crippen molar-refractivity contribution in [2.75, 3.05) is 0 Å². The highest BCUT2D eigenvalue weighted by Crippen LogP contribution is 2.31. The van der Waals surface area contributed by atoms with Crippen LogP contribution in [0, 0.1) is 0 Å². The second kappa shape index (κ2) is 10.7. The van der Waals surface area contributed by atoms with Gasteiger partial charge in [0.2, 0.25) is 0 Å². The first-order chi connectivity index (χ1) is 16.2. The van der Waals surface area contributed by atoms with Crippen LogP contribution in [0.15, 0.2) is 84.6 Å². The molecule has 8 heteroatoms. The molecule has 0 saturated carbocycles. The summed E-state index contributed by atoms with van der Waals surface area (Å²) in [5.41, 5.74) is 8.19. The minimum absolute atomic E-state index is 0.158. The first-order valence-electron chi connectivity index (χ1n) is 10.3. The molecule has 0 aliphatic carbocycles. The number of aliphatic carboxylic acids is 1. The molecule has 3 rings (SSSR count). The zero-order valence-corrected chi connectivity index (χ0v) is 18.0. The Balaban J connectivity index is 1.69. The third-order valence-corrected chi connectivity index (χ3v) is 5.20. The van der Waals surface area contributed by atoms with E-state index in [1.54, 1.807) is 36.4 Å². The van der Waals surface area contributed by atoms with Gasteiger partial charge < -0.3 is 15.6 Å². The first-order valence-corrected chi connectivity index (χ1v) is 10.3. The molecule has 1 atom stereocenters. The Morgan fingerprint density at radius 3 is 2.26 bits per heavy atom. The van der Waals surface area contributed by atoms with Gasteiger partial charge in [0.15, 0.2) is 0 Å². The number of aldehydes is 1. The molecule has 0 saturated heterocycles. The highest BCUT2D eigenvalue weighted by molar-refractivity contribution is 5.71. The largest absolute Gasteiger partial charge is 0.489 e. The molecule has 0 aromatic heterocycles. The van der Waals surface area contributed by atoms with E-state index in [2.05, 4.69) is 0 Å². The third kappa shape index (κ3) is 6.48. The third-order valence-electron chi connectivity index (χ3n) is 5.20. The lowest BCUT2D eigenvalue weighted by Crippen LogP contribution is -2.15. The van der Waals surface area contributed by atoms with Gasteiger partial charge in [0, 0.05) is 11.6 Å². The van der Waals surface area contributed by atoms with Crippen molar-refractivity contribution in [1.82, 2.24) is 0 Å². The molecule has 176 valence electrons. The number of allylic oxidation sites excluding steroid dienone is 2. The number of halogens is 3. The minimum atomic E-state index is -4.38. The van der Waals surface area contributed by atoms with E-state index in [4.69, 9.17) is 15.6 Å².